The van der Waals surface area contributed by atoms with Gasteiger partial charge in [0.05, 0.1) is 12.2 Å². The number of carboxylic acids is 1. The summed E-state index contributed by atoms with van der Waals surface area (Å²) in [5.41, 5.74) is 0. The van der Waals surface area contributed by atoms with Gasteiger partial charge in [0.25, 0.3) is 0 Å². The maximum absolute atomic E-state index is 11.8. The normalized spacial score (nSPS) is 15.1. The third kappa shape index (κ3) is 3.62. The largest absolute Gasteiger partial charge is 0.478 e. The van der Waals surface area contributed by atoms with E-state index in [2.05, 4.69) is 0 Å². The van der Waals surface area contributed by atoms with Crippen molar-refractivity contribution in [1.82, 2.24) is 9.80 Å². The van der Waals surface area contributed by atoms with Crippen LogP contribution in [-0.4, -0.2) is 51.4 Å². The van der Waals surface area contributed by atoms with Gasteiger partial charge in [-0.05, 0) is 27.7 Å². The Morgan fingerprint density at radius 2 is 1.30 bits per heavy atom. The number of amides is 2. The highest BCUT2D eigenvalue weighted by Gasteiger charge is 2.41. The molecule has 1 heterocycles. The van der Waals surface area contributed by atoms with Crippen LogP contribution in [0.1, 0.15) is 27.7 Å². The summed E-state index contributed by atoms with van der Waals surface area (Å²) in [4.78, 5) is 36.5. The number of carbonyl (C=O) groups excluding carboxylic acids is 2. The molecule has 0 aliphatic carbocycles. The van der Waals surface area contributed by atoms with Gasteiger partial charge in [-0.15, -0.1) is 0 Å². The minimum absolute atomic E-state index is 0.401. The van der Waals surface area contributed by atoms with E-state index in [4.69, 9.17) is 9.47 Å². The van der Waals surface area contributed by atoms with Gasteiger partial charge in [0, 0.05) is 12.4 Å². The topological polar surface area (TPSA) is 96.4 Å². The fourth-order valence-electron chi connectivity index (χ4n) is 1.53. The SMILES string of the molecule is CC(C)OC(=O)N1C=CN(C(=O)OC(C)C)C1C(=O)O. The molecule has 0 saturated heterocycles. The third-order valence-corrected chi connectivity index (χ3v) is 2.23. The molecule has 20 heavy (non-hydrogen) atoms. The molecule has 0 fully saturated rings. The van der Waals surface area contributed by atoms with Crippen LogP contribution in [0.3, 0.4) is 0 Å². The number of nitrogens with zero attached hydrogens (tertiary/aromatic N) is 2. The predicted octanol–water partition coefficient (Wildman–Crippen LogP) is 1.58. The first-order chi connectivity index (χ1) is 9.23. The van der Waals surface area contributed by atoms with Crippen molar-refractivity contribution in [2.24, 2.45) is 0 Å². The van der Waals surface area contributed by atoms with Gasteiger partial charge in [0.1, 0.15) is 0 Å². The lowest BCUT2D eigenvalue weighted by atomic mass is 10.4. The van der Waals surface area contributed by atoms with Crippen molar-refractivity contribution in [1.29, 1.82) is 0 Å². The van der Waals surface area contributed by atoms with Gasteiger partial charge in [-0.2, -0.15) is 0 Å². The van der Waals surface area contributed by atoms with E-state index < -0.39 is 36.5 Å². The first-order valence-corrected chi connectivity index (χ1v) is 6.13. The minimum Gasteiger partial charge on any atom is -0.478 e. The van der Waals surface area contributed by atoms with Crippen LogP contribution in [0.2, 0.25) is 0 Å². The van der Waals surface area contributed by atoms with E-state index >= 15 is 0 Å². The van der Waals surface area contributed by atoms with E-state index in [0.717, 1.165) is 9.80 Å². The predicted molar refractivity (Wildman–Crippen MR) is 67.5 cm³/mol. The Labute approximate surface area is 116 Å². The fourth-order valence-corrected chi connectivity index (χ4v) is 1.53. The van der Waals surface area contributed by atoms with E-state index in [1.54, 1.807) is 27.7 Å². The highest BCUT2D eigenvalue weighted by Crippen LogP contribution is 2.19. The summed E-state index contributed by atoms with van der Waals surface area (Å²) in [7, 11) is 0. The molecule has 1 aliphatic rings. The number of carbonyl (C=O) groups is 3. The fraction of sp³-hybridized carbons (Fsp3) is 0.583. The van der Waals surface area contributed by atoms with Crippen molar-refractivity contribution in [3.05, 3.63) is 12.4 Å². The summed E-state index contributed by atoms with van der Waals surface area (Å²) in [5.74, 6) is -1.36. The Morgan fingerprint density at radius 3 is 1.55 bits per heavy atom. The zero-order chi connectivity index (χ0) is 15.4. The zero-order valence-electron chi connectivity index (χ0n) is 11.8. The lowest BCUT2D eigenvalue weighted by Gasteiger charge is -2.26. The maximum Gasteiger partial charge on any atom is 0.416 e. The van der Waals surface area contributed by atoms with Crippen LogP contribution in [0, 0.1) is 0 Å². The molecule has 8 nitrogen and oxygen atoms in total. The standard InChI is InChI=1S/C12H18N2O6/c1-7(2)19-11(17)13-5-6-14(9(13)10(15)16)12(18)20-8(3)4/h5-9H,1-4H3,(H,15,16). The van der Waals surface area contributed by atoms with Crippen molar-refractivity contribution in [3.63, 3.8) is 0 Å². The Hall–Kier alpha value is -2.25. The molecule has 8 heteroatoms. The second kappa shape index (κ2) is 6.27. The maximum atomic E-state index is 11.8. The molecule has 0 aromatic heterocycles. The number of rotatable bonds is 3. The summed E-state index contributed by atoms with van der Waals surface area (Å²) in [5, 5.41) is 9.18. The molecule has 1 N–H and O–H groups in total. The van der Waals surface area contributed by atoms with Crippen molar-refractivity contribution in [2.75, 3.05) is 0 Å². The molecular formula is C12H18N2O6. The summed E-state index contributed by atoms with van der Waals surface area (Å²) < 4.78 is 9.83. The molecule has 0 radical (unpaired) electrons. The Kier molecular flexibility index (Phi) is 4.95. The van der Waals surface area contributed by atoms with Crippen LogP contribution < -0.4 is 0 Å². The van der Waals surface area contributed by atoms with Gasteiger partial charge in [0.15, 0.2) is 0 Å². The molecular weight excluding hydrogens is 268 g/mol. The van der Waals surface area contributed by atoms with E-state index in [1.807, 2.05) is 0 Å². The van der Waals surface area contributed by atoms with Crippen LogP contribution in [0.4, 0.5) is 9.59 Å². The first-order valence-electron chi connectivity index (χ1n) is 6.13. The third-order valence-electron chi connectivity index (χ3n) is 2.23. The van der Waals surface area contributed by atoms with E-state index in [1.165, 1.54) is 12.4 Å². The molecule has 0 atom stereocenters. The molecule has 0 saturated carbocycles. The lowest BCUT2D eigenvalue weighted by molar-refractivity contribution is -0.145. The number of ether oxygens (including phenoxy) is 2. The van der Waals surface area contributed by atoms with Crippen LogP contribution >= 0.6 is 0 Å². The quantitative estimate of drug-likeness (QED) is 0.846. The van der Waals surface area contributed by atoms with Gasteiger partial charge in [-0.25, -0.2) is 14.4 Å². The second-order valence-corrected chi connectivity index (χ2v) is 4.69. The average molecular weight is 286 g/mol. The smallest absolute Gasteiger partial charge is 0.416 e. The van der Waals surface area contributed by atoms with Gasteiger partial charge >= 0.3 is 18.2 Å². The molecule has 2 amide bonds. The van der Waals surface area contributed by atoms with Crippen molar-refractivity contribution < 1.29 is 29.0 Å². The molecule has 0 aromatic rings. The second-order valence-electron chi connectivity index (χ2n) is 4.69. The Bertz CT molecular complexity index is 400. The first kappa shape index (κ1) is 15.8. The molecule has 1 aliphatic heterocycles. The highest BCUT2D eigenvalue weighted by atomic mass is 16.6. The average Bonchev–Trinajstić information content (AvgIpc) is 2.71. The van der Waals surface area contributed by atoms with Gasteiger partial charge in [0.2, 0.25) is 6.17 Å². The number of carboxylic acid groups (broad SMARTS) is 1. The Balaban J connectivity index is 2.87. The van der Waals surface area contributed by atoms with E-state index in [0.29, 0.717) is 0 Å². The van der Waals surface area contributed by atoms with E-state index in [-0.39, 0.29) is 0 Å². The van der Waals surface area contributed by atoms with Gasteiger partial charge in [-0.1, -0.05) is 0 Å². The summed E-state index contributed by atoms with van der Waals surface area (Å²) in [6.45, 7) is 6.55. The Morgan fingerprint density at radius 1 is 0.950 bits per heavy atom. The molecule has 0 bridgehead atoms. The van der Waals surface area contributed by atoms with Crippen LogP contribution in [0.5, 0.6) is 0 Å². The van der Waals surface area contributed by atoms with Crippen LogP contribution in [-0.2, 0) is 14.3 Å². The molecule has 1 rings (SSSR count). The number of aliphatic carboxylic acids is 1. The molecule has 0 spiro atoms. The van der Waals surface area contributed by atoms with Crippen molar-refractivity contribution >= 4 is 18.2 Å². The zero-order valence-corrected chi connectivity index (χ0v) is 11.8. The van der Waals surface area contributed by atoms with E-state index in [9.17, 15) is 19.5 Å². The molecule has 112 valence electrons. The summed E-state index contributed by atoms with van der Waals surface area (Å²) in [6, 6.07) is 0. The summed E-state index contributed by atoms with van der Waals surface area (Å²) in [6.07, 6.45) is -1.65. The number of hydrogen-bond acceptors (Lipinski definition) is 5. The van der Waals surface area contributed by atoms with Crippen molar-refractivity contribution in [3.8, 4) is 0 Å². The molecule has 0 unspecified atom stereocenters. The van der Waals surface area contributed by atoms with Crippen LogP contribution in [0.25, 0.3) is 0 Å². The summed E-state index contributed by atoms with van der Waals surface area (Å²) >= 11 is 0. The monoisotopic (exact) mass is 286 g/mol. The lowest BCUT2D eigenvalue weighted by Crippen LogP contribution is -2.50. The van der Waals surface area contributed by atoms with Crippen molar-refractivity contribution in [2.45, 2.75) is 46.1 Å². The van der Waals surface area contributed by atoms with Gasteiger partial charge in [-0.3, -0.25) is 9.80 Å². The minimum atomic E-state index is -1.51. The number of hydrogen-bond donors (Lipinski definition) is 1. The van der Waals surface area contributed by atoms with Gasteiger partial charge < -0.3 is 14.6 Å². The highest BCUT2D eigenvalue weighted by molar-refractivity contribution is 5.86. The van der Waals surface area contributed by atoms with Crippen LogP contribution in [0.15, 0.2) is 12.4 Å². The molecule has 0 aromatic carbocycles.